The molecule has 3 aromatic carbocycles. The Balaban J connectivity index is 1.71. The summed E-state index contributed by atoms with van der Waals surface area (Å²) in [6.07, 6.45) is 12.8. The molecule has 1 N–H and O–H groups in total. The highest BCUT2D eigenvalue weighted by Gasteiger charge is 2.13. The van der Waals surface area contributed by atoms with Crippen LogP contribution >= 0.6 is 0 Å². The van der Waals surface area contributed by atoms with Crippen molar-refractivity contribution in [2.24, 2.45) is 0 Å². The van der Waals surface area contributed by atoms with E-state index in [2.05, 4.69) is 65.4 Å². The lowest BCUT2D eigenvalue weighted by Crippen LogP contribution is -1.95. The molecule has 0 spiro atoms. The Morgan fingerprint density at radius 3 is 2.44 bits per heavy atom. The third-order valence-corrected chi connectivity index (χ3v) is 5.55. The molecular weight excluding hydrogens is 328 g/mol. The number of aromatic nitrogens is 2. The fraction of sp³-hybridized carbons (Fsp3) is 0.320. The SMILES string of the molecule is CCCCCCCCc1ccc2c(ccc3ccccc32)c1-c1ncc[nH]1. The predicted octanol–water partition coefficient (Wildman–Crippen LogP) is 7.29. The summed E-state index contributed by atoms with van der Waals surface area (Å²) in [5, 5.41) is 5.21. The zero-order chi connectivity index (χ0) is 18.5. The van der Waals surface area contributed by atoms with Gasteiger partial charge >= 0.3 is 0 Å². The first kappa shape index (κ1) is 17.8. The highest BCUT2D eigenvalue weighted by atomic mass is 14.9. The van der Waals surface area contributed by atoms with Gasteiger partial charge in [-0.2, -0.15) is 0 Å². The van der Waals surface area contributed by atoms with Crippen LogP contribution in [-0.2, 0) is 6.42 Å². The van der Waals surface area contributed by atoms with E-state index in [-0.39, 0.29) is 0 Å². The summed E-state index contributed by atoms with van der Waals surface area (Å²) in [7, 11) is 0. The molecule has 1 heterocycles. The minimum absolute atomic E-state index is 0.983. The zero-order valence-electron chi connectivity index (χ0n) is 16.2. The van der Waals surface area contributed by atoms with E-state index in [0.29, 0.717) is 0 Å². The summed E-state index contributed by atoms with van der Waals surface area (Å²) in [4.78, 5) is 7.93. The fourth-order valence-electron chi connectivity index (χ4n) is 4.12. The standard InChI is InChI=1S/C25H28N2/c1-2-3-4-5-6-7-11-20-14-15-22-21-12-9-8-10-19(21)13-16-23(22)24(20)25-26-17-18-27-25/h8-10,12-18H,2-7,11H2,1H3,(H,26,27). The van der Waals surface area contributed by atoms with E-state index in [1.54, 1.807) is 0 Å². The summed E-state index contributed by atoms with van der Waals surface area (Å²) in [6.45, 7) is 2.27. The van der Waals surface area contributed by atoms with E-state index in [0.717, 1.165) is 12.2 Å². The van der Waals surface area contributed by atoms with Gasteiger partial charge in [-0.3, -0.25) is 0 Å². The van der Waals surface area contributed by atoms with Crippen LogP contribution in [-0.4, -0.2) is 9.97 Å². The molecule has 4 aromatic rings. The molecule has 0 unspecified atom stereocenters. The molecule has 0 amide bonds. The number of imidazole rings is 1. The first-order valence-electron chi connectivity index (χ1n) is 10.3. The Kier molecular flexibility index (Phi) is 5.53. The molecule has 0 fully saturated rings. The van der Waals surface area contributed by atoms with Crippen LogP contribution in [0.3, 0.4) is 0 Å². The molecule has 0 saturated heterocycles. The lowest BCUT2D eigenvalue weighted by molar-refractivity contribution is 0.608. The van der Waals surface area contributed by atoms with Gasteiger partial charge in [0.25, 0.3) is 0 Å². The van der Waals surface area contributed by atoms with Crippen LogP contribution in [0, 0.1) is 0 Å². The van der Waals surface area contributed by atoms with Crippen LogP contribution < -0.4 is 0 Å². The predicted molar refractivity (Wildman–Crippen MR) is 116 cm³/mol. The van der Waals surface area contributed by atoms with Gasteiger partial charge in [-0.05, 0) is 39.9 Å². The number of benzene rings is 3. The van der Waals surface area contributed by atoms with E-state index >= 15 is 0 Å². The van der Waals surface area contributed by atoms with Gasteiger partial charge in [0.1, 0.15) is 5.82 Å². The average Bonchev–Trinajstić information content (AvgIpc) is 3.24. The van der Waals surface area contributed by atoms with Crippen LogP contribution in [0.4, 0.5) is 0 Å². The van der Waals surface area contributed by atoms with Crippen molar-refractivity contribution in [2.45, 2.75) is 51.9 Å². The molecule has 1 aromatic heterocycles. The van der Waals surface area contributed by atoms with E-state index < -0.39 is 0 Å². The van der Waals surface area contributed by atoms with E-state index in [4.69, 9.17) is 0 Å². The minimum Gasteiger partial charge on any atom is -0.345 e. The molecule has 0 aliphatic heterocycles. The molecule has 2 nitrogen and oxygen atoms in total. The number of fused-ring (bicyclic) bond motifs is 3. The summed E-state index contributed by atoms with van der Waals surface area (Å²) in [5.41, 5.74) is 2.68. The van der Waals surface area contributed by atoms with Gasteiger partial charge in [0.15, 0.2) is 0 Å². The zero-order valence-corrected chi connectivity index (χ0v) is 16.2. The maximum Gasteiger partial charge on any atom is 0.138 e. The van der Waals surface area contributed by atoms with Crippen molar-refractivity contribution >= 4 is 21.5 Å². The van der Waals surface area contributed by atoms with E-state index in [1.807, 2.05) is 12.4 Å². The summed E-state index contributed by atoms with van der Waals surface area (Å²) in [6, 6.07) is 17.8. The maximum atomic E-state index is 4.59. The van der Waals surface area contributed by atoms with Gasteiger partial charge in [-0.15, -0.1) is 0 Å². The number of hydrogen-bond acceptors (Lipinski definition) is 1. The van der Waals surface area contributed by atoms with Gasteiger partial charge in [-0.25, -0.2) is 4.98 Å². The van der Waals surface area contributed by atoms with Gasteiger partial charge in [0, 0.05) is 18.0 Å². The van der Waals surface area contributed by atoms with Crippen LogP contribution in [0.1, 0.15) is 51.0 Å². The molecule has 0 atom stereocenters. The molecule has 4 rings (SSSR count). The molecule has 138 valence electrons. The average molecular weight is 357 g/mol. The number of unbranched alkanes of at least 4 members (excludes halogenated alkanes) is 5. The Morgan fingerprint density at radius 1 is 0.778 bits per heavy atom. The Labute approximate surface area is 161 Å². The summed E-state index contributed by atoms with van der Waals surface area (Å²) in [5.74, 6) is 0.983. The second-order valence-electron chi connectivity index (χ2n) is 7.44. The first-order chi connectivity index (χ1) is 13.4. The fourth-order valence-corrected chi connectivity index (χ4v) is 4.12. The molecule has 0 bridgehead atoms. The van der Waals surface area contributed by atoms with Crippen LogP contribution in [0.2, 0.25) is 0 Å². The van der Waals surface area contributed by atoms with Gasteiger partial charge in [-0.1, -0.05) is 87.6 Å². The third-order valence-electron chi connectivity index (χ3n) is 5.55. The van der Waals surface area contributed by atoms with Crippen molar-refractivity contribution in [3.05, 3.63) is 66.5 Å². The third kappa shape index (κ3) is 3.75. The Hall–Kier alpha value is -2.61. The molecule has 0 saturated carbocycles. The smallest absolute Gasteiger partial charge is 0.138 e. The van der Waals surface area contributed by atoms with Crippen LogP contribution in [0.5, 0.6) is 0 Å². The number of aromatic amines is 1. The van der Waals surface area contributed by atoms with Crippen molar-refractivity contribution in [1.82, 2.24) is 9.97 Å². The number of H-pyrrole nitrogens is 1. The first-order valence-corrected chi connectivity index (χ1v) is 10.3. The van der Waals surface area contributed by atoms with Crippen LogP contribution in [0.25, 0.3) is 32.9 Å². The number of hydrogen-bond donors (Lipinski definition) is 1. The second-order valence-corrected chi connectivity index (χ2v) is 7.44. The summed E-state index contributed by atoms with van der Waals surface area (Å²) < 4.78 is 0. The lowest BCUT2D eigenvalue weighted by Gasteiger charge is -2.13. The minimum atomic E-state index is 0.983. The van der Waals surface area contributed by atoms with E-state index in [1.165, 1.54) is 71.2 Å². The molecule has 2 heteroatoms. The molecule has 0 radical (unpaired) electrons. The van der Waals surface area contributed by atoms with Crippen LogP contribution in [0.15, 0.2) is 60.9 Å². The van der Waals surface area contributed by atoms with Crippen molar-refractivity contribution < 1.29 is 0 Å². The number of nitrogens with zero attached hydrogens (tertiary/aromatic N) is 1. The van der Waals surface area contributed by atoms with E-state index in [9.17, 15) is 0 Å². The molecular formula is C25H28N2. The Morgan fingerprint density at radius 2 is 1.59 bits per heavy atom. The van der Waals surface area contributed by atoms with Gasteiger partial charge in [0.2, 0.25) is 0 Å². The molecule has 0 aliphatic rings. The van der Waals surface area contributed by atoms with Gasteiger partial charge < -0.3 is 4.98 Å². The number of aryl methyl sites for hydroxylation is 1. The van der Waals surface area contributed by atoms with Crippen molar-refractivity contribution in [3.8, 4) is 11.4 Å². The highest BCUT2D eigenvalue weighted by molar-refractivity contribution is 6.12. The van der Waals surface area contributed by atoms with Gasteiger partial charge in [0.05, 0.1) is 0 Å². The molecule has 0 aliphatic carbocycles. The molecule has 27 heavy (non-hydrogen) atoms. The van der Waals surface area contributed by atoms with Crippen molar-refractivity contribution in [3.63, 3.8) is 0 Å². The normalized spacial score (nSPS) is 11.4. The quantitative estimate of drug-likeness (QED) is 0.261. The number of nitrogens with one attached hydrogen (secondary N) is 1. The lowest BCUT2D eigenvalue weighted by atomic mass is 9.92. The Bertz CT molecular complexity index is 1020. The van der Waals surface area contributed by atoms with Crippen molar-refractivity contribution in [1.29, 1.82) is 0 Å². The second kappa shape index (κ2) is 8.39. The topological polar surface area (TPSA) is 28.7 Å². The number of rotatable bonds is 8. The summed E-state index contributed by atoms with van der Waals surface area (Å²) >= 11 is 0. The maximum absolute atomic E-state index is 4.59. The largest absolute Gasteiger partial charge is 0.345 e. The van der Waals surface area contributed by atoms with Crippen molar-refractivity contribution in [2.75, 3.05) is 0 Å². The highest BCUT2D eigenvalue weighted by Crippen LogP contribution is 2.35. The monoisotopic (exact) mass is 356 g/mol.